The summed E-state index contributed by atoms with van der Waals surface area (Å²) in [5.74, 6) is 2.70. The minimum absolute atomic E-state index is 0.139. The van der Waals surface area contributed by atoms with Gasteiger partial charge in [-0.05, 0) is 61.4 Å². The summed E-state index contributed by atoms with van der Waals surface area (Å²) >= 11 is 0. The Bertz CT molecular complexity index is 1180. The van der Waals surface area contributed by atoms with E-state index in [0.29, 0.717) is 12.5 Å². The molecule has 1 aromatic heterocycles. The van der Waals surface area contributed by atoms with Crippen molar-refractivity contribution in [1.29, 1.82) is 0 Å². The lowest BCUT2D eigenvalue weighted by Gasteiger charge is -2.35. The van der Waals surface area contributed by atoms with E-state index in [-0.39, 0.29) is 5.41 Å². The molecule has 5 rings (SSSR count). The Balaban J connectivity index is 0.00000156. The highest BCUT2D eigenvalue weighted by molar-refractivity contribution is 5.92. The minimum atomic E-state index is 0.139. The lowest BCUT2D eigenvalue weighted by molar-refractivity contribution is 0.206. The minimum Gasteiger partial charge on any atom is -0.383 e. The fourth-order valence-electron chi connectivity index (χ4n) is 5.26. The highest BCUT2D eigenvalue weighted by Crippen LogP contribution is 2.47. The molecule has 1 aliphatic heterocycles. The van der Waals surface area contributed by atoms with Gasteiger partial charge in [-0.25, -0.2) is 9.97 Å². The molecule has 2 fully saturated rings. The van der Waals surface area contributed by atoms with Crippen LogP contribution in [0.2, 0.25) is 0 Å². The molecule has 1 saturated carbocycles. The lowest BCUT2D eigenvalue weighted by Crippen LogP contribution is -2.34. The van der Waals surface area contributed by atoms with Crippen LogP contribution in [0.4, 0.5) is 17.2 Å². The Hall–Kier alpha value is -2.86. The molecule has 0 atom stereocenters. The maximum absolute atomic E-state index is 5.29. The van der Waals surface area contributed by atoms with Crippen LogP contribution in [0.15, 0.2) is 42.5 Å². The highest BCUT2D eigenvalue weighted by Gasteiger charge is 2.42. The molecule has 0 unspecified atom stereocenters. The fraction of sp³-hybridized carbons (Fsp3) is 0.548. The molecule has 0 bridgehead atoms. The molecule has 3 aromatic rings. The zero-order valence-corrected chi connectivity index (χ0v) is 23.9. The smallest absolute Gasteiger partial charge is 0.140 e. The zero-order valence-electron chi connectivity index (χ0n) is 23.9. The van der Waals surface area contributed by atoms with Gasteiger partial charge in [0.25, 0.3) is 0 Å². The van der Waals surface area contributed by atoms with Gasteiger partial charge in [0.1, 0.15) is 11.6 Å². The van der Waals surface area contributed by atoms with Crippen molar-refractivity contribution in [1.82, 2.24) is 9.97 Å². The van der Waals surface area contributed by atoms with Gasteiger partial charge in [-0.15, -0.1) is 0 Å². The van der Waals surface area contributed by atoms with Crippen molar-refractivity contribution < 1.29 is 4.74 Å². The van der Waals surface area contributed by atoms with Crippen LogP contribution < -0.4 is 14.7 Å². The van der Waals surface area contributed by atoms with Gasteiger partial charge in [-0.3, -0.25) is 0 Å². The van der Waals surface area contributed by atoms with Crippen LogP contribution in [0.5, 0.6) is 0 Å². The predicted molar refractivity (Wildman–Crippen MR) is 158 cm³/mol. The van der Waals surface area contributed by atoms with E-state index >= 15 is 0 Å². The lowest BCUT2D eigenvalue weighted by atomic mass is 9.88. The monoisotopic (exact) mass is 503 g/mol. The Morgan fingerprint density at radius 1 is 1.00 bits per heavy atom. The Morgan fingerprint density at radius 2 is 1.70 bits per heavy atom. The van der Waals surface area contributed by atoms with Crippen molar-refractivity contribution in [2.45, 2.75) is 57.8 Å². The molecule has 2 aromatic carbocycles. The number of nitrogens with zero attached hydrogens (tertiary/aromatic N) is 5. The van der Waals surface area contributed by atoms with Gasteiger partial charge in [0.2, 0.25) is 0 Å². The number of methoxy groups -OCH3 is 1. The number of anilines is 3. The quantitative estimate of drug-likeness (QED) is 0.363. The first-order valence-electron chi connectivity index (χ1n) is 13.9. The van der Waals surface area contributed by atoms with E-state index in [9.17, 15) is 0 Å². The van der Waals surface area contributed by atoms with Gasteiger partial charge >= 0.3 is 0 Å². The van der Waals surface area contributed by atoms with Gasteiger partial charge in [0.05, 0.1) is 12.1 Å². The molecule has 6 heteroatoms. The number of rotatable bonds is 8. The summed E-state index contributed by atoms with van der Waals surface area (Å²) in [7, 11) is 8.15. The third-order valence-corrected chi connectivity index (χ3v) is 7.92. The van der Waals surface area contributed by atoms with Gasteiger partial charge < -0.3 is 19.4 Å². The first-order valence-corrected chi connectivity index (χ1v) is 13.9. The molecule has 37 heavy (non-hydrogen) atoms. The number of piperidine rings is 1. The Morgan fingerprint density at radius 3 is 2.35 bits per heavy atom. The Kier molecular flexibility index (Phi) is 8.58. The third kappa shape index (κ3) is 5.85. The van der Waals surface area contributed by atoms with Gasteiger partial charge in [-0.1, -0.05) is 39.0 Å². The molecular formula is C31H45N5O. The normalized spacial score (nSPS) is 16.8. The number of likely N-dealkylation sites (N-methyl/N-ethyl adjacent to an activating group) is 1. The molecule has 2 heterocycles. The summed E-state index contributed by atoms with van der Waals surface area (Å²) < 4.78 is 5.29. The SMILES string of the molecule is CC.COCCN(C)c1ccc2nc(C3(C)CC3)nc(N3CCC(c4ccccc4N(C)C)CC3)c2c1. The number of ether oxygens (including phenoxy) is 1. The van der Waals surface area contributed by atoms with E-state index in [4.69, 9.17) is 14.7 Å². The summed E-state index contributed by atoms with van der Waals surface area (Å²) in [4.78, 5) is 17.3. The fourth-order valence-corrected chi connectivity index (χ4v) is 5.26. The topological polar surface area (TPSA) is 44.7 Å². The van der Waals surface area contributed by atoms with Crippen molar-refractivity contribution in [2.75, 3.05) is 69.2 Å². The second-order valence-electron chi connectivity index (χ2n) is 10.8. The summed E-state index contributed by atoms with van der Waals surface area (Å²) in [6, 6.07) is 15.5. The van der Waals surface area contributed by atoms with Gasteiger partial charge in [-0.2, -0.15) is 0 Å². The number of hydrogen-bond donors (Lipinski definition) is 0. The summed E-state index contributed by atoms with van der Waals surface area (Å²) in [6.07, 6.45) is 4.63. The average molecular weight is 504 g/mol. The van der Waals surface area contributed by atoms with E-state index in [2.05, 4.69) is 85.2 Å². The number of fused-ring (bicyclic) bond motifs is 1. The van der Waals surface area contributed by atoms with Gasteiger partial charge in [0.15, 0.2) is 0 Å². The highest BCUT2D eigenvalue weighted by atomic mass is 16.5. The number of para-hydroxylation sites is 1. The molecule has 1 saturated heterocycles. The van der Waals surface area contributed by atoms with Crippen molar-refractivity contribution in [3.05, 3.63) is 53.9 Å². The van der Waals surface area contributed by atoms with E-state index in [1.54, 1.807) is 7.11 Å². The summed E-state index contributed by atoms with van der Waals surface area (Å²) in [5, 5.41) is 1.16. The van der Waals surface area contributed by atoms with Crippen molar-refractivity contribution in [3.63, 3.8) is 0 Å². The van der Waals surface area contributed by atoms with Crippen LogP contribution in [-0.2, 0) is 10.2 Å². The molecule has 6 nitrogen and oxygen atoms in total. The predicted octanol–water partition coefficient (Wildman–Crippen LogP) is 6.24. The summed E-state index contributed by atoms with van der Waals surface area (Å²) in [5.41, 5.74) is 5.19. The molecule has 1 aliphatic carbocycles. The summed E-state index contributed by atoms with van der Waals surface area (Å²) in [6.45, 7) is 9.88. The van der Waals surface area contributed by atoms with Crippen LogP contribution in [0, 0.1) is 0 Å². The molecular weight excluding hydrogens is 458 g/mol. The standard InChI is InChI=1S/C29H39N5O.C2H6/c1-29(14-15-29)28-30-25-11-10-22(33(4)18-19-35-5)20-24(25)27(31-28)34-16-12-21(13-17-34)23-8-6-7-9-26(23)32(2)3;1-2/h6-11,20-21H,12-19H2,1-5H3;1-2H3. The molecule has 200 valence electrons. The zero-order chi connectivity index (χ0) is 26.6. The van der Waals surface area contributed by atoms with Crippen LogP contribution >= 0.6 is 0 Å². The largest absolute Gasteiger partial charge is 0.383 e. The van der Waals surface area contributed by atoms with Crippen molar-refractivity contribution in [2.24, 2.45) is 0 Å². The van der Waals surface area contributed by atoms with E-state index < -0.39 is 0 Å². The number of aromatic nitrogens is 2. The Labute approximate surface area is 223 Å². The third-order valence-electron chi connectivity index (χ3n) is 7.92. The maximum Gasteiger partial charge on any atom is 0.140 e. The first kappa shape index (κ1) is 27.2. The van der Waals surface area contributed by atoms with Crippen molar-refractivity contribution >= 4 is 28.1 Å². The molecule has 0 amide bonds. The van der Waals surface area contributed by atoms with Crippen LogP contribution in [0.25, 0.3) is 10.9 Å². The van der Waals surface area contributed by atoms with E-state index in [1.165, 1.54) is 29.8 Å². The average Bonchev–Trinajstić information content (AvgIpc) is 3.70. The molecule has 0 radical (unpaired) electrons. The second-order valence-corrected chi connectivity index (χ2v) is 10.8. The van der Waals surface area contributed by atoms with E-state index in [0.717, 1.165) is 55.0 Å². The maximum atomic E-state index is 5.29. The second kappa shape index (κ2) is 11.7. The van der Waals surface area contributed by atoms with Crippen LogP contribution in [-0.4, -0.2) is 64.5 Å². The molecule has 0 spiro atoms. The molecule has 2 aliphatic rings. The van der Waals surface area contributed by atoms with Crippen LogP contribution in [0.1, 0.15) is 63.8 Å². The van der Waals surface area contributed by atoms with Crippen molar-refractivity contribution in [3.8, 4) is 0 Å². The van der Waals surface area contributed by atoms with E-state index in [1.807, 2.05) is 13.8 Å². The number of hydrogen-bond acceptors (Lipinski definition) is 6. The number of benzene rings is 2. The van der Waals surface area contributed by atoms with Gasteiger partial charge in [0, 0.05) is 70.1 Å². The molecule has 0 N–H and O–H groups in total. The van der Waals surface area contributed by atoms with Crippen LogP contribution in [0.3, 0.4) is 0 Å². The first-order chi connectivity index (χ1) is 17.9.